The van der Waals surface area contributed by atoms with Crippen LogP contribution >= 0.6 is 0 Å². The second-order valence-corrected chi connectivity index (χ2v) is 7.09. The number of aryl methyl sites for hydroxylation is 1. The summed E-state index contributed by atoms with van der Waals surface area (Å²) in [7, 11) is 4.74. The number of aromatic nitrogens is 3. The summed E-state index contributed by atoms with van der Waals surface area (Å²) in [6.45, 7) is 2.05. The van der Waals surface area contributed by atoms with Gasteiger partial charge in [-0.1, -0.05) is 60.2 Å². The molecular weight excluding hydrogens is 404 g/mol. The highest BCUT2D eigenvalue weighted by molar-refractivity contribution is 5.83. The Hall–Kier alpha value is -4.13. The molecule has 0 atom stereocenters. The molecule has 0 N–H and O–H groups in total. The van der Waals surface area contributed by atoms with Crippen molar-refractivity contribution in [2.24, 2.45) is 5.10 Å². The summed E-state index contributed by atoms with van der Waals surface area (Å²) in [6.07, 6.45) is 1.72. The molecule has 0 fully saturated rings. The summed E-state index contributed by atoms with van der Waals surface area (Å²) in [5, 5.41) is 13.6. The van der Waals surface area contributed by atoms with E-state index in [0.717, 1.165) is 16.7 Å². The van der Waals surface area contributed by atoms with Gasteiger partial charge in [-0.15, -0.1) is 10.2 Å². The quantitative estimate of drug-likeness (QED) is 0.394. The molecule has 0 unspecified atom stereocenters. The van der Waals surface area contributed by atoms with Crippen LogP contribution in [0, 0.1) is 6.92 Å². The fraction of sp³-hybridized carbons (Fsp3) is 0.160. The largest absolute Gasteiger partial charge is 0.493 e. The van der Waals surface area contributed by atoms with Gasteiger partial charge in [0.15, 0.2) is 23.1 Å². The number of hydrogen-bond acceptors (Lipinski definition) is 6. The number of benzene rings is 3. The molecule has 0 spiro atoms. The first kappa shape index (κ1) is 21.1. The Kier molecular flexibility index (Phi) is 6.17. The highest BCUT2D eigenvalue weighted by atomic mass is 16.5. The topological polar surface area (TPSA) is 70.8 Å². The van der Waals surface area contributed by atoms with Crippen LogP contribution in [0.2, 0.25) is 0 Å². The van der Waals surface area contributed by atoms with E-state index in [1.165, 1.54) is 5.56 Å². The SMILES string of the molecule is COc1cc(/C=N/n2c(-c3ccccc3)nnc2-c2ccc(C)cc2)cc(OC)c1OC. The minimum Gasteiger partial charge on any atom is -0.493 e. The van der Waals surface area contributed by atoms with Crippen LogP contribution in [0.3, 0.4) is 0 Å². The van der Waals surface area contributed by atoms with Crippen molar-refractivity contribution in [1.29, 1.82) is 0 Å². The van der Waals surface area contributed by atoms with Gasteiger partial charge in [0.05, 0.1) is 27.5 Å². The number of methoxy groups -OCH3 is 3. The zero-order valence-corrected chi connectivity index (χ0v) is 18.4. The Morgan fingerprint density at radius 3 is 1.84 bits per heavy atom. The van der Waals surface area contributed by atoms with Gasteiger partial charge in [0.25, 0.3) is 0 Å². The van der Waals surface area contributed by atoms with Crippen LogP contribution < -0.4 is 14.2 Å². The third-order valence-corrected chi connectivity index (χ3v) is 4.99. The molecule has 4 aromatic rings. The first-order valence-corrected chi connectivity index (χ1v) is 10.1. The van der Waals surface area contributed by atoms with Crippen molar-refractivity contribution in [3.8, 4) is 40.0 Å². The second-order valence-electron chi connectivity index (χ2n) is 7.09. The van der Waals surface area contributed by atoms with Gasteiger partial charge in [-0.2, -0.15) is 9.78 Å². The van der Waals surface area contributed by atoms with Gasteiger partial charge >= 0.3 is 0 Å². The van der Waals surface area contributed by atoms with E-state index in [1.54, 1.807) is 32.2 Å². The molecule has 7 nitrogen and oxygen atoms in total. The average molecular weight is 428 g/mol. The summed E-state index contributed by atoms with van der Waals surface area (Å²) in [4.78, 5) is 0. The summed E-state index contributed by atoms with van der Waals surface area (Å²) in [5.74, 6) is 2.93. The van der Waals surface area contributed by atoms with E-state index in [-0.39, 0.29) is 0 Å². The highest BCUT2D eigenvalue weighted by Gasteiger charge is 2.16. The molecule has 1 heterocycles. The predicted octanol–water partition coefficient (Wildman–Crippen LogP) is 4.83. The maximum absolute atomic E-state index is 5.46. The third-order valence-electron chi connectivity index (χ3n) is 4.99. The Morgan fingerprint density at radius 1 is 0.750 bits per heavy atom. The second kappa shape index (κ2) is 9.34. The van der Waals surface area contributed by atoms with Crippen LogP contribution in [-0.4, -0.2) is 42.4 Å². The molecule has 0 radical (unpaired) electrons. The lowest BCUT2D eigenvalue weighted by Gasteiger charge is -2.12. The Morgan fingerprint density at radius 2 is 1.31 bits per heavy atom. The van der Waals surface area contributed by atoms with Crippen molar-refractivity contribution in [3.63, 3.8) is 0 Å². The maximum Gasteiger partial charge on any atom is 0.203 e. The standard InChI is InChI=1S/C25H24N4O3/c1-17-10-12-20(13-11-17)25-28-27-24(19-8-6-5-7-9-19)29(25)26-16-18-14-21(30-2)23(32-4)22(15-18)31-3/h5-16H,1-4H3/b26-16+. The lowest BCUT2D eigenvalue weighted by molar-refractivity contribution is 0.324. The van der Waals surface area contributed by atoms with E-state index in [1.807, 2.05) is 73.7 Å². The van der Waals surface area contributed by atoms with Gasteiger partial charge in [-0.3, -0.25) is 0 Å². The average Bonchev–Trinajstić information content (AvgIpc) is 3.26. The molecule has 162 valence electrons. The predicted molar refractivity (Wildman–Crippen MR) is 125 cm³/mol. The molecule has 0 aliphatic rings. The van der Waals surface area contributed by atoms with Crippen molar-refractivity contribution < 1.29 is 14.2 Å². The van der Waals surface area contributed by atoms with Gasteiger partial charge in [-0.25, -0.2) is 0 Å². The maximum atomic E-state index is 5.46. The first-order chi connectivity index (χ1) is 15.6. The Balaban J connectivity index is 1.83. The van der Waals surface area contributed by atoms with Crippen molar-refractivity contribution in [2.75, 3.05) is 21.3 Å². The Labute approximate surface area is 186 Å². The number of rotatable bonds is 7. The van der Waals surface area contributed by atoms with Gasteiger partial charge in [0.2, 0.25) is 5.75 Å². The lowest BCUT2D eigenvalue weighted by Crippen LogP contribution is -1.99. The molecule has 0 aliphatic carbocycles. The highest BCUT2D eigenvalue weighted by Crippen LogP contribution is 2.37. The van der Waals surface area contributed by atoms with Crippen LogP contribution in [0.5, 0.6) is 17.2 Å². The smallest absolute Gasteiger partial charge is 0.203 e. The van der Waals surface area contributed by atoms with Crippen molar-refractivity contribution in [1.82, 2.24) is 14.9 Å². The fourth-order valence-corrected chi connectivity index (χ4v) is 3.34. The van der Waals surface area contributed by atoms with Gasteiger partial charge in [0, 0.05) is 16.7 Å². The van der Waals surface area contributed by atoms with Crippen molar-refractivity contribution >= 4 is 6.21 Å². The zero-order valence-electron chi connectivity index (χ0n) is 18.4. The van der Waals surface area contributed by atoms with Crippen molar-refractivity contribution in [3.05, 3.63) is 77.9 Å². The molecule has 3 aromatic carbocycles. The fourth-order valence-electron chi connectivity index (χ4n) is 3.34. The molecule has 0 saturated carbocycles. The molecular formula is C25H24N4O3. The van der Waals surface area contributed by atoms with E-state index < -0.39 is 0 Å². The van der Waals surface area contributed by atoms with E-state index >= 15 is 0 Å². The molecule has 7 heteroatoms. The van der Waals surface area contributed by atoms with Gasteiger partial charge < -0.3 is 14.2 Å². The molecule has 32 heavy (non-hydrogen) atoms. The Bertz CT molecular complexity index is 1210. The van der Waals surface area contributed by atoms with E-state index in [0.29, 0.717) is 28.9 Å². The molecule has 0 saturated heterocycles. The lowest BCUT2D eigenvalue weighted by atomic mass is 10.1. The van der Waals surface area contributed by atoms with E-state index in [4.69, 9.17) is 19.3 Å². The first-order valence-electron chi connectivity index (χ1n) is 10.1. The van der Waals surface area contributed by atoms with Crippen LogP contribution in [0.1, 0.15) is 11.1 Å². The van der Waals surface area contributed by atoms with Gasteiger partial charge in [-0.05, 0) is 19.1 Å². The molecule has 0 aliphatic heterocycles. The van der Waals surface area contributed by atoms with E-state index in [2.05, 4.69) is 10.2 Å². The minimum absolute atomic E-state index is 0.529. The normalized spacial score (nSPS) is 11.0. The number of hydrogen-bond donors (Lipinski definition) is 0. The van der Waals surface area contributed by atoms with Crippen LogP contribution in [0.15, 0.2) is 71.8 Å². The van der Waals surface area contributed by atoms with Crippen LogP contribution in [0.4, 0.5) is 0 Å². The molecule has 0 bridgehead atoms. The number of ether oxygens (including phenoxy) is 3. The minimum atomic E-state index is 0.529. The molecule has 0 amide bonds. The van der Waals surface area contributed by atoms with Crippen LogP contribution in [-0.2, 0) is 0 Å². The van der Waals surface area contributed by atoms with E-state index in [9.17, 15) is 0 Å². The zero-order chi connectivity index (χ0) is 22.5. The van der Waals surface area contributed by atoms with Crippen molar-refractivity contribution in [2.45, 2.75) is 6.92 Å². The third kappa shape index (κ3) is 4.18. The van der Waals surface area contributed by atoms with Crippen LogP contribution in [0.25, 0.3) is 22.8 Å². The van der Waals surface area contributed by atoms with Gasteiger partial charge in [0.1, 0.15) is 0 Å². The number of nitrogens with zero attached hydrogens (tertiary/aromatic N) is 4. The molecule has 4 rings (SSSR count). The monoisotopic (exact) mass is 428 g/mol. The summed E-state index contributed by atoms with van der Waals surface area (Å²) in [5.41, 5.74) is 3.79. The summed E-state index contributed by atoms with van der Waals surface area (Å²) >= 11 is 0. The molecule has 1 aromatic heterocycles. The summed E-state index contributed by atoms with van der Waals surface area (Å²) in [6, 6.07) is 21.6. The summed E-state index contributed by atoms with van der Waals surface area (Å²) < 4.78 is 18.1.